The number of carboxylic acids is 2. The minimum absolute atomic E-state index is 0.0629. The summed E-state index contributed by atoms with van der Waals surface area (Å²) in [6, 6.07) is 0. The van der Waals surface area contributed by atoms with Gasteiger partial charge in [-0.1, -0.05) is 6.08 Å². The average molecular weight is 200 g/mol. The molecule has 0 fully saturated rings. The number of carboxylic acid groups (broad SMARTS) is 2. The van der Waals surface area contributed by atoms with Crippen LogP contribution in [0.2, 0.25) is 0 Å². The van der Waals surface area contributed by atoms with Crippen LogP contribution in [0.3, 0.4) is 0 Å². The Morgan fingerprint density at radius 3 is 2.00 bits per heavy atom. The standard InChI is InChI=1S/C8H8O6/c9-4-5(3-7(11)12)1-2-6(10)8(13)14/h1-2,4,9H,3H2,(H,11,12)(H,13,14)/b2-1+,5-4+. The van der Waals surface area contributed by atoms with Gasteiger partial charge in [0.1, 0.15) is 0 Å². The lowest BCUT2D eigenvalue weighted by Gasteiger charge is -1.93. The van der Waals surface area contributed by atoms with Crippen LogP contribution in [-0.4, -0.2) is 33.0 Å². The van der Waals surface area contributed by atoms with Crippen molar-refractivity contribution in [3.63, 3.8) is 0 Å². The number of ketones is 1. The largest absolute Gasteiger partial charge is 0.515 e. The van der Waals surface area contributed by atoms with E-state index in [1.807, 2.05) is 0 Å². The van der Waals surface area contributed by atoms with Crippen molar-refractivity contribution in [3.8, 4) is 0 Å². The summed E-state index contributed by atoms with van der Waals surface area (Å²) >= 11 is 0. The van der Waals surface area contributed by atoms with E-state index in [9.17, 15) is 14.4 Å². The second-order valence-electron chi connectivity index (χ2n) is 2.28. The Bertz CT molecular complexity index is 312. The van der Waals surface area contributed by atoms with E-state index in [0.29, 0.717) is 12.3 Å². The molecule has 0 aromatic carbocycles. The van der Waals surface area contributed by atoms with Crippen molar-refractivity contribution in [2.24, 2.45) is 0 Å². The van der Waals surface area contributed by atoms with Crippen molar-refractivity contribution in [3.05, 3.63) is 24.0 Å². The predicted molar refractivity (Wildman–Crippen MR) is 44.7 cm³/mol. The van der Waals surface area contributed by atoms with E-state index < -0.39 is 24.1 Å². The van der Waals surface area contributed by atoms with Gasteiger partial charge in [0.05, 0.1) is 12.7 Å². The first kappa shape index (κ1) is 11.9. The van der Waals surface area contributed by atoms with E-state index in [1.54, 1.807) is 0 Å². The third-order valence-corrected chi connectivity index (χ3v) is 1.18. The molecule has 0 radical (unpaired) electrons. The monoisotopic (exact) mass is 200 g/mol. The second-order valence-corrected chi connectivity index (χ2v) is 2.28. The number of allylic oxidation sites excluding steroid dienone is 1. The molecule has 0 aromatic heterocycles. The molecular formula is C8H8O6. The highest BCUT2D eigenvalue weighted by atomic mass is 16.4. The second kappa shape index (κ2) is 5.52. The zero-order valence-corrected chi connectivity index (χ0v) is 7.01. The molecule has 0 heterocycles. The number of hydrogen-bond donors (Lipinski definition) is 3. The molecule has 0 unspecified atom stereocenters. The molecule has 0 aliphatic heterocycles. The van der Waals surface area contributed by atoms with Crippen LogP contribution in [-0.2, 0) is 14.4 Å². The molecule has 3 N–H and O–H groups in total. The molecule has 0 amide bonds. The fraction of sp³-hybridized carbons (Fsp3) is 0.125. The molecule has 0 saturated heterocycles. The topological polar surface area (TPSA) is 112 Å². The SMILES string of the molecule is O=C(O)CC(=C/O)/C=C/C(=O)C(=O)O. The van der Waals surface area contributed by atoms with Gasteiger partial charge in [0.2, 0.25) is 0 Å². The fourth-order valence-electron chi connectivity index (χ4n) is 0.576. The third kappa shape index (κ3) is 4.70. The number of aliphatic carboxylic acids is 2. The summed E-state index contributed by atoms with van der Waals surface area (Å²) in [6.07, 6.45) is 1.62. The third-order valence-electron chi connectivity index (χ3n) is 1.18. The van der Waals surface area contributed by atoms with E-state index in [2.05, 4.69) is 0 Å². The summed E-state index contributed by atoms with van der Waals surface area (Å²) in [5.41, 5.74) is -0.0629. The molecule has 0 aliphatic rings. The van der Waals surface area contributed by atoms with Crippen LogP contribution in [0.25, 0.3) is 0 Å². The molecule has 0 rings (SSSR count). The van der Waals surface area contributed by atoms with Crippen molar-refractivity contribution in [1.82, 2.24) is 0 Å². The summed E-state index contributed by atoms with van der Waals surface area (Å²) in [5.74, 6) is -4.03. The predicted octanol–water partition coefficient (Wildman–Crippen LogP) is 0.113. The molecule has 0 aromatic rings. The Morgan fingerprint density at radius 1 is 1.07 bits per heavy atom. The average Bonchev–Trinajstić information content (AvgIpc) is 2.10. The van der Waals surface area contributed by atoms with Gasteiger partial charge in [-0.25, -0.2) is 4.79 Å². The minimum Gasteiger partial charge on any atom is -0.515 e. The summed E-state index contributed by atoms with van der Waals surface area (Å²) in [5, 5.41) is 24.9. The fourth-order valence-corrected chi connectivity index (χ4v) is 0.576. The van der Waals surface area contributed by atoms with Crippen LogP contribution in [0, 0.1) is 0 Å². The number of rotatable bonds is 5. The molecule has 6 heteroatoms. The summed E-state index contributed by atoms with van der Waals surface area (Å²) < 4.78 is 0. The van der Waals surface area contributed by atoms with Gasteiger partial charge in [0.15, 0.2) is 0 Å². The smallest absolute Gasteiger partial charge is 0.376 e. The number of aliphatic hydroxyl groups is 1. The Kier molecular flexibility index (Phi) is 4.69. The summed E-state index contributed by atoms with van der Waals surface area (Å²) in [6.45, 7) is 0. The van der Waals surface area contributed by atoms with Gasteiger partial charge in [-0.15, -0.1) is 0 Å². The molecule has 0 spiro atoms. The first-order chi connectivity index (χ1) is 6.47. The molecule has 0 bridgehead atoms. The van der Waals surface area contributed by atoms with Crippen molar-refractivity contribution >= 4 is 17.7 Å². The lowest BCUT2D eigenvalue weighted by atomic mass is 10.2. The van der Waals surface area contributed by atoms with Crippen molar-refractivity contribution < 1.29 is 29.7 Å². The van der Waals surface area contributed by atoms with Crippen molar-refractivity contribution in [1.29, 1.82) is 0 Å². The van der Waals surface area contributed by atoms with Crippen LogP contribution in [0.15, 0.2) is 24.0 Å². The Morgan fingerprint density at radius 2 is 1.64 bits per heavy atom. The molecule has 76 valence electrons. The van der Waals surface area contributed by atoms with Crippen LogP contribution in [0.1, 0.15) is 6.42 Å². The summed E-state index contributed by atoms with van der Waals surface area (Å²) in [7, 11) is 0. The first-order valence-electron chi connectivity index (χ1n) is 3.47. The molecule has 6 nitrogen and oxygen atoms in total. The van der Waals surface area contributed by atoms with Crippen LogP contribution < -0.4 is 0 Å². The first-order valence-corrected chi connectivity index (χ1v) is 3.47. The zero-order valence-electron chi connectivity index (χ0n) is 7.01. The Labute approximate surface area is 78.8 Å². The molecule has 14 heavy (non-hydrogen) atoms. The quantitative estimate of drug-likeness (QED) is 0.251. The van der Waals surface area contributed by atoms with Gasteiger partial charge in [-0.05, 0) is 11.6 Å². The van der Waals surface area contributed by atoms with Gasteiger partial charge in [0, 0.05) is 0 Å². The van der Waals surface area contributed by atoms with Gasteiger partial charge in [-0.3, -0.25) is 9.59 Å². The van der Waals surface area contributed by atoms with E-state index >= 15 is 0 Å². The van der Waals surface area contributed by atoms with Crippen molar-refractivity contribution in [2.45, 2.75) is 6.42 Å². The molecule has 0 aliphatic carbocycles. The minimum atomic E-state index is -1.64. The van der Waals surface area contributed by atoms with E-state index in [1.165, 1.54) is 0 Å². The van der Waals surface area contributed by atoms with Crippen molar-refractivity contribution in [2.75, 3.05) is 0 Å². The maximum Gasteiger partial charge on any atom is 0.376 e. The highest BCUT2D eigenvalue weighted by Gasteiger charge is 2.07. The summed E-state index contributed by atoms with van der Waals surface area (Å²) in [4.78, 5) is 30.7. The van der Waals surface area contributed by atoms with Gasteiger partial charge in [-0.2, -0.15) is 0 Å². The Balaban J connectivity index is 4.41. The highest BCUT2D eigenvalue weighted by Crippen LogP contribution is 2.02. The molecule has 0 saturated carbocycles. The molecule has 0 atom stereocenters. The number of hydrogen-bond acceptors (Lipinski definition) is 4. The van der Waals surface area contributed by atoms with E-state index in [4.69, 9.17) is 15.3 Å². The van der Waals surface area contributed by atoms with E-state index in [-0.39, 0.29) is 5.57 Å². The van der Waals surface area contributed by atoms with Crippen LogP contribution >= 0.6 is 0 Å². The zero-order chi connectivity index (χ0) is 11.1. The number of carbonyl (C=O) groups is 3. The van der Waals surface area contributed by atoms with Crippen LogP contribution in [0.5, 0.6) is 0 Å². The number of aliphatic hydroxyl groups excluding tert-OH is 1. The maximum absolute atomic E-state index is 10.5. The molecular weight excluding hydrogens is 192 g/mol. The lowest BCUT2D eigenvalue weighted by molar-refractivity contribution is -0.146. The normalized spacial score (nSPS) is 11.6. The maximum atomic E-state index is 10.5. The lowest BCUT2D eigenvalue weighted by Crippen LogP contribution is -2.08. The van der Waals surface area contributed by atoms with Gasteiger partial charge < -0.3 is 15.3 Å². The van der Waals surface area contributed by atoms with E-state index in [0.717, 1.165) is 6.08 Å². The van der Waals surface area contributed by atoms with Crippen LogP contribution in [0.4, 0.5) is 0 Å². The van der Waals surface area contributed by atoms with Gasteiger partial charge in [0.25, 0.3) is 5.78 Å². The highest BCUT2D eigenvalue weighted by molar-refractivity contribution is 6.37. The number of carbonyl (C=O) groups excluding carboxylic acids is 1. The Hall–Kier alpha value is -2.11. The van der Waals surface area contributed by atoms with Gasteiger partial charge >= 0.3 is 11.9 Å².